The van der Waals surface area contributed by atoms with Gasteiger partial charge >= 0.3 is 0 Å². The lowest BCUT2D eigenvalue weighted by Crippen LogP contribution is -2.52. The second kappa shape index (κ2) is 10.6. The first-order chi connectivity index (χ1) is 15.5. The molecule has 3 heterocycles. The van der Waals surface area contributed by atoms with Gasteiger partial charge in [-0.1, -0.05) is 6.07 Å². The van der Waals surface area contributed by atoms with Gasteiger partial charge in [-0.05, 0) is 31.0 Å². The summed E-state index contributed by atoms with van der Waals surface area (Å²) in [6.07, 6.45) is 0.976. The summed E-state index contributed by atoms with van der Waals surface area (Å²) >= 11 is 0. The van der Waals surface area contributed by atoms with Gasteiger partial charge in [-0.25, -0.2) is 8.42 Å². The Kier molecular flexibility index (Phi) is 7.80. The molecular formula is C22H33N3O6S. The highest BCUT2D eigenvalue weighted by atomic mass is 32.2. The third-order valence-electron chi connectivity index (χ3n) is 6.56. The van der Waals surface area contributed by atoms with Crippen LogP contribution in [0.15, 0.2) is 23.1 Å². The molecule has 0 bridgehead atoms. The molecule has 3 aliphatic rings. The molecule has 3 fully saturated rings. The molecule has 3 saturated heterocycles. The van der Waals surface area contributed by atoms with E-state index in [1.165, 1.54) is 10.4 Å². The average Bonchev–Trinajstić information content (AvgIpc) is 3.35. The minimum absolute atomic E-state index is 0.143. The molecule has 1 aromatic rings. The monoisotopic (exact) mass is 467 g/mol. The number of benzene rings is 1. The molecule has 2 unspecified atom stereocenters. The van der Waals surface area contributed by atoms with E-state index in [4.69, 9.17) is 14.2 Å². The van der Waals surface area contributed by atoms with Crippen molar-refractivity contribution in [3.8, 4) is 0 Å². The summed E-state index contributed by atoms with van der Waals surface area (Å²) < 4.78 is 43.8. The Morgan fingerprint density at radius 2 is 1.75 bits per heavy atom. The van der Waals surface area contributed by atoms with Gasteiger partial charge in [-0.2, -0.15) is 4.31 Å². The summed E-state index contributed by atoms with van der Waals surface area (Å²) in [4.78, 5) is 15.6. The summed E-state index contributed by atoms with van der Waals surface area (Å²) in [5.41, 5.74) is 1.14. The van der Waals surface area contributed by atoms with Crippen LogP contribution in [0, 0.1) is 12.8 Å². The van der Waals surface area contributed by atoms with Crippen LogP contribution >= 0.6 is 0 Å². The van der Waals surface area contributed by atoms with Crippen LogP contribution in [0.25, 0.3) is 0 Å². The van der Waals surface area contributed by atoms with E-state index in [1.807, 2.05) is 6.92 Å². The topological polar surface area (TPSA) is 97.4 Å². The average molecular weight is 468 g/mol. The lowest BCUT2D eigenvalue weighted by Gasteiger charge is -2.37. The highest BCUT2D eigenvalue weighted by Crippen LogP contribution is 2.23. The van der Waals surface area contributed by atoms with Crippen molar-refractivity contribution in [3.63, 3.8) is 0 Å². The van der Waals surface area contributed by atoms with E-state index in [2.05, 4.69) is 10.2 Å². The van der Waals surface area contributed by atoms with Crippen molar-refractivity contribution >= 4 is 15.9 Å². The Bertz CT molecular complexity index is 891. The van der Waals surface area contributed by atoms with E-state index in [0.29, 0.717) is 64.2 Å². The van der Waals surface area contributed by atoms with Crippen molar-refractivity contribution in [1.82, 2.24) is 14.5 Å². The Morgan fingerprint density at radius 3 is 2.41 bits per heavy atom. The van der Waals surface area contributed by atoms with Crippen molar-refractivity contribution in [2.45, 2.75) is 24.3 Å². The third kappa shape index (κ3) is 5.32. The van der Waals surface area contributed by atoms with Gasteiger partial charge in [-0.3, -0.25) is 9.69 Å². The van der Waals surface area contributed by atoms with E-state index < -0.39 is 10.0 Å². The summed E-state index contributed by atoms with van der Waals surface area (Å²) in [5, 5.41) is 3.07. The number of rotatable bonds is 7. The van der Waals surface area contributed by atoms with Gasteiger partial charge in [0.1, 0.15) is 0 Å². The summed E-state index contributed by atoms with van der Waals surface area (Å²) in [7, 11) is -3.66. The molecule has 4 rings (SSSR count). The molecule has 0 aliphatic carbocycles. The Balaban J connectivity index is 1.47. The van der Waals surface area contributed by atoms with Crippen LogP contribution in [0.1, 0.15) is 22.3 Å². The van der Waals surface area contributed by atoms with Gasteiger partial charge in [0.05, 0.1) is 37.9 Å². The number of hydrogen-bond donors (Lipinski definition) is 1. The Morgan fingerprint density at radius 1 is 1.06 bits per heavy atom. The van der Waals surface area contributed by atoms with Crippen molar-refractivity contribution in [2.24, 2.45) is 5.92 Å². The summed E-state index contributed by atoms with van der Waals surface area (Å²) in [6.45, 7) is 8.23. The van der Waals surface area contributed by atoms with E-state index in [0.717, 1.165) is 31.7 Å². The molecule has 3 aliphatic heterocycles. The fraction of sp³-hybridized carbons (Fsp3) is 0.682. The van der Waals surface area contributed by atoms with Gasteiger partial charge in [0.25, 0.3) is 5.91 Å². The smallest absolute Gasteiger partial charge is 0.251 e. The molecule has 0 radical (unpaired) electrons. The number of ether oxygens (including phenoxy) is 3. The van der Waals surface area contributed by atoms with E-state index in [9.17, 15) is 13.2 Å². The number of hydrogen-bond acceptors (Lipinski definition) is 7. The molecule has 9 nitrogen and oxygen atoms in total. The summed E-state index contributed by atoms with van der Waals surface area (Å²) in [6, 6.07) is 4.94. The maximum atomic E-state index is 13.1. The number of amides is 1. The first-order valence-electron chi connectivity index (χ1n) is 11.3. The van der Waals surface area contributed by atoms with Gasteiger partial charge in [0.2, 0.25) is 10.0 Å². The van der Waals surface area contributed by atoms with Gasteiger partial charge in [0.15, 0.2) is 0 Å². The van der Waals surface area contributed by atoms with Crippen LogP contribution < -0.4 is 5.32 Å². The third-order valence-corrected chi connectivity index (χ3v) is 8.45. The quantitative estimate of drug-likeness (QED) is 0.623. The largest absolute Gasteiger partial charge is 0.381 e. The van der Waals surface area contributed by atoms with Crippen molar-refractivity contribution in [1.29, 1.82) is 0 Å². The maximum Gasteiger partial charge on any atom is 0.251 e. The number of nitrogens with zero attached hydrogens (tertiary/aromatic N) is 2. The predicted molar refractivity (Wildman–Crippen MR) is 118 cm³/mol. The van der Waals surface area contributed by atoms with Crippen LogP contribution in [0.3, 0.4) is 0 Å². The minimum Gasteiger partial charge on any atom is -0.381 e. The Labute approximate surface area is 190 Å². The van der Waals surface area contributed by atoms with E-state index in [-0.39, 0.29) is 16.8 Å². The highest BCUT2D eigenvalue weighted by molar-refractivity contribution is 7.89. The zero-order chi connectivity index (χ0) is 22.6. The second-order valence-electron chi connectivity index (χ2n) is 8.54. The maximum absolute atomic E-state index is 13.1. The molecule has 0 aromatic heterocycles. The van der Waals surface area contributed by atoms with Crippen molar-refractivity contribution in [3.05, 3.63) is 29.3 Å². The number of carbonyl (C=O) groups is 1. The van der Waals surface area contributed by atoms with Gasteiger partial charge in [0, 0.05) is 56.9 Å². The van der Waals surface area contributed by atoms with Crippen LogP contribution in [0.5, 0.6) is 0 Å². The number of carbonyl (C=O) groups excluding carboxylic acids is 1. The number of sulfonamides is 1. The molecule has 10 heteroatoms. The zero-order valence-corrected chi connectivity index (χ0v) is 19.4. The normalized spacial score (nSPS) is 24.3. The van der Waals surface area contributed by atoms with Crippen LogP contribution in [-0.2, 0) is 24.2 Å². The SMILES string of the molecule is Cc1ccc(S(=O)(=O)N2CCOCC2)cc1C(=O)NCC(C1CCOC1)N1CCOCC1. The Hall–Kier alpha value is -1.56. The van der Waals surface area contributed by atoms with Crippen LogP contribution in [-0.4, -0.2) is 102 Å². The predicted octanol–water partition coefficient (Wildman–Crippen LogP) is 0.483. The van der Waals surface area contributed by atoms with Crippen molar-refractivity contribution in [2.75, 3.05) is 72.4 Å². The van der Waals surface area contributed by atoms with Crippen LogP contribution in [0.2, 0.25) is 0 Å². The number of morpholine rings is 2. The zero-order valence-electron chi connectivity index (χ0n) is 18.6. The van der Waals surface area contributed by atoms with Gasteiger partial charge in [-0.15, -0.1) is 0 Å². The van der Waals surface area contributed by atoms with E-state index >= 15 is 0 Å². The first-order valence-corrected chi connectivity index (χ1v) is 12.8. The van der Waals surface area contributed by atoms with Gasteiger partial charge < -0.3 is 19.5 Å². The standard InChI is InChI=1S/C22H33N3O6S/c1-17-2-3-19(32(27,28)25-7-12-30-13-8-25)14-20(17)22(26)23-15-21(18-4-9-31-16-18)24-5-10-29-11-6-24/h2-3,14,18,21H,4-13,15-16H2,1H3,(H,23,26). The molecule has 1 N–H and O–H groups in total. The molecule has 0 saturated carbocycles. The lowest BCUT2D eigenvalue weighted by atomic mass is 9.96. The van der Waals surface area contributed by atoms with Crippen LogP contribution in [0.4, 0.5) is 0 Å². The molecule has 178 valence electrons. The van der Waals surface area contributed by atoms with Crippen molar-refractivity contribution < 1.29 is 27.4 Å². The highest BCUT2D eigenvalue weighted by Gasteiger charge is 2.32. The summed E-state index contributed by atoms with van der Waals surface area (Å²) in [5.74, 6) is 0.112. The minimum atomic E-state index is -3.66. The second-order valence-corrected chi connectivity index (χ2v) is 10.5. The molecule has 2 atom stereocenters. The fourth-order valence-corrected chi connectivity index (χ4v) is 6.03. The number of nitrogens with one attached hydrogen (secondary N) is 1. The molecule has 0 spiro atoms. The lowest BCUT2D eigenvalue weighted by molar-refractivity contribution is 0.00166. The first kappa shape index (κ1) is 23.6. The molecular weight excluding hydrogens is 434 g/mol. The fourth-order valence-electron chi connectivity index (χ4n) is 4.59. The molecule has 32 heavy (non-hydrogen) atoms. The molecule has 1 amide bonds. The molecule has 1 aromatic carbocycles. The van der Waals surface area contributed by atoms with E-state index in [1.54, 1.807) is 12.1 Å². The number of aryl methyl sites for hydroxylation is 1.